The first kappa shape index (κ1) is 13.0. The van der Waals surface area contributed by atoms with Crippen LogP contribution in [0.5, 0.6) is 0 Å². The van der Waals surface area contributed by atoms with E-state index in [0.717, 1.165) is 12.2 Å². The van der Waals surface area contributed by atoms with Crippen molar-refractivity contribution in [1.82, 2.24) is 9.97 Å². The normalized spacial score (nSPS) is 10.0. The quantitative estimate of drug-likeness (QED) is 0.881. The fourth-order valence-electron chi connectivity index (χ4n) is 1.59. The summed E-state index contributed by atoms with van der Waals surface area (Å²) in [5.74, 6) is 0.518. The number of carbonyl (C=O) groups is 1. The average Bonchev–Trinajstić information content (AvgIpc) is 2.42. The van der Waals surface area contributed by atoms with Crippen LogP contribution < -0.4 is 10.6 Å². The first-order valence-corrected chi connectivity index (χ1v) is 6.13. The fourth-order valence-corrected chi connectivity index (χ4v) is 1.59. The molecule has 0 fully saturated rings. The number of rotatable bonds is 4. The topological polar surface area (TPSA) is 66.9 Å². The van der Waals surface area contributed by atoms with Gasteiger partial charge in [0.25, 0.3) is 5.91 Å². The van der Waals surface area contributed by atoms with Crippen LogP contribution in [0, 0.1) is 6.92 Å². The van der Waals surface area contributed by atoms with Crippen molar-refractivity contribution in [3.8, 4) is 0 Å². The maximum Gasteiger partial charge on any atom is 0.255 e. The number of hydrogen-bond acceptors (Lipinski definition) is 4. The number of anilines is 2. The van der Waals surface area contributed by atoms with E-state index in [9.17, 15) is 4.79 Å². The highest BCUT2D eigenvalue weighted by atomic mass is 16.1. The molecular formula is C14H16N4O. The zero-order chi connectivity index (χ0) is 13.7. The molecule has 19 heavy (non-hydrogen) atoms. The molecule has 0 aromatic carbocycles. The van der Waals surface area contributed by atoms with Crippen LogP contribution in [-0.2, 0) is 0 Å². The van der Waals surface area contributed by atoms with Crippen LogP contribution in [0.25, 0.3) is 0 Å². The van der Waals surface area contributed by atoms with Gasteiger partial charge >= 0.3 is 0 Å². The van der Waals surface area contributed by atoms with Gasteiger partial charge in [-0.2, -0.15) is 0 Å². The zero-order valence-electron chi connectivity index (χ0n) is 11.0. The summed E-state index contributed by atoms with van der Waals surface area (Å²) in [5, 5.41) is 5.87. The summed E-state index contributed by atoms with van der Waals surface area (Å²) in [6.45, 7) is 4.64. The Hall–Kier alpha value is -2.43. The molecular weight excluding hydrogens is 240 g/mol. The number of aromatic nitrogens is 2. The van der Waals surface area contributed by atoms with Crippen LogP contribution in [0.15, 0.2) is 36.7 Å². The summed E-state index contributed by atoms with van der Waals surface area (Å²) < 4.78 is 0. The van der Waals surface area contributed by atoms with Crippen LogP contribution in [0.3, 0.4) is 0 Å². The molecule has 0 aliphatic rings. The lowest BCUT2D eigenvalue weighted by Crippen LogP contribution is -2.13. The number of nitrogens with zero attached hydrogens (tertiary/aromatic N) is 2. The first-order chi connectivity index (χ1) is 9.19. The molecule has 0 saturated carbocycles. The standard InChI is InChI=1S/C14H16N4O/c1-3-15-13-8-11(6-7-16-13)14(19)18-12-5-4-10(2)17-9-12/h4-9H,3H2,1-2H3,(H,15,16)(H,18,19). The first-order valence-electron chi connectivity index (χ1n) is 6.13. The minimum Gasteiger partial charge on any atom is -0.370 e. The fraction of sp³-hybridized carbons (Fsp3) is 0.214. The minimum atomic E-state index is -0.174. The number of carbonyl (C=O) groups excluding carboxylic acids is 1. The molecule has 0 saturated heterocycles. The molecule has 0 aliphatic heterocycles. The predicted molar refractivity (Wildman–Crippen MR) is 75.3 cm³/mol. The van der Waals surface area contributed by atoms with Crippen molar-refractivity contribution in [2.75, 3.05) is 17.2 Å². The van der Waals surface area contributed by atoms with Crippen LogP contribution in [-0.4, -0.2) is 22.4 Å². The molecule has 0 radical (unpaired) electrons. The number of hydrogen-bond donors (Lipinski definition) is 2. The molecule has 2 N–H and O–H groups in total. The summed E-state index contributed by atoms with van der Waals surface area (Å²) >= 11 is 0. The zero-order valence-corrected chi connectivity index (χ0v) is 11.0. The van der Waals surface area contributed by atoms with Crippen molar-refractivity contribution in [2.24, 2.45) is 0 Å². The monoisotopic (exact) mass is 256 g/mol. The summed E-state index contributed by atoms with van der Waals surface area (Å²) in [6, 6.07) is 7.08. The number of nitrogens with one attached hydrogen (secondary N) is 2. The van der Waals surface area contributed by atoms with Gasteiger partial charge in [0.1, 0.15) is 5.82 Å². The van der Waals surface area contributed by atoms with E-state index in [1.165, 1.54) is 0 Å². The van der Waals surface area contributed by atoms with Crippen molar-refractivity contribution in [3.05, 3.63) is 47.9 Å². The Bertz CT molecular complexity index is 566. The minimum absolute atomic E-state index is 0.174. The van der Waals surface area contributed by atoms with Gasteiger partial charge in [0, 0.05) is 24.0 Å². The van der Waals surface area contributed by atoms with Gasteiger partial charge in [-0.05, 0) is 38.1 Å². The summed E-state index contributed by atoms with van der Waals surface area (Å²) in [6.07, 6.45) is 3.25. The largest absolute Gasteiger partial charge is 0.370 e. The second-order valence-corrected chi connectivity index (χ2v) is 4.10. The van der Waals surface area contributed by atoms with Crippen molar-refractivity contribution in [1.29, 1.82) is 0 Å². The molecule has 2 aromatic rings. The van der Waals surface area contributed by atoms with E-state index < -0.39 is 0 Å². The molecule has 2 heterocycles. The van der Waals surface area contributed by atoms with Crippen molar-refractivity contribution in [3.63, 3.8) is 0 Å². The van der Waals surface area contributed by atoms with E-state index in [1.54, 1.807) is 24.5 Å². The molecule has 1 amide bonds. The lowest BCUT2D eigenvalue weighted by molar-refractivity contribution is 0.102. The molecule has 2 rings (SSSR count). The van der Waals surface area contributed by atoms with Gasteiger partial charge in [-0.15, -0.1) is 0 Å². The van der Waals surface area contributed by atoms with Crippen LogP contribution in [0.2, 0.25) is 0 Å². The molecule has 0 unspecified atom stereocenters. The molecule has 2 aromatic heterocycles. The molecule has 0 bridgehead atoms. The van der Waals surface area contributed by atoms with E-state index in [-0.39, 0.29) is 5.91 Å². The van der Waals surface area contributed by atoms with Gasteiger partial charge < -0.3 is 10.6 Å². The smallest absolute Gasteiger partial charge is 0.255 e. The molecule has 0 aliphatic carbocycles. The number of aryl methyl sites for hydroxylation is 1. The van der Waals surface area contributed by atoms with Gasteiger partial charge in [0.2, 0.25) is 0 Å². The summed E-state index contributed by atoms with van der Waals surface area (Å²) in [5.41, 5.74) is 2.15. The van der Waals surface area contributed by atoms with Crippen LogP contribution in [0.1, 0.15) is 23.0 Å². The average molecular weight is 256 g/mol. The lowest BCUT2D eigenvalue weighted by Gasteiger charge is -2.07. The number of amides is 1. The number of pyridine rings is 2. The highest BCUT2D eigenvalue weighted by Crippen LogP contribution is 2.11. The van der Waals surface area contributed by atoms with Crippen molar-refractivity contribution < 1.29 is 4.79 Å². The summed E-state index contributed by atoms with van der Waals surface area (Å²) in [4.78, 5) is 20.3. The lowest BCUT2D eigenvalue weighted by atomic mass is 10.2. The Morgan fingerprint density at radius 3 is 2.79 bits per heavy atom. The Morgan fingerprint density at radius 1 is 1.26 bits per heavy atom. The Morgan fingerprint density at radius 2 is 2.11 bits per heavy atom. The van der Waals surface area contributed by atoms with E-state index >= 15 is 0 Å². The third-order valence-electron chi connectivity index (χ3n) is 2.55. The second kappa shape index (κ2) is 5.95. The molecule has 0 atom stereocenters. The Balaban J connectivity index is 2.11. The van der Waals surface area contributed by atoms with Gasteiger partial charge in [-0.1, -0.05) is 0 Å². The van der Waals surface area contributed by atoms with E-state index in [1.807, 2.05) is 26.0 Å². The maximum absolute atomic E-state index is 12.1. The third-order valence-corrected chi connectivity index (χ3v) is 2.55. The summed E-state index contributed by atoms with van der Waals surface area (Å²) in [7, 11) is 0. The predicted octanol–water partition coefficient (Wildman–Crippen LogP) is 2.47. The van der Waals surface area contributed by atoms with Gasteiger partial charge in [0.15, 0.2) is 0 Å². The highest BCUT2D eigenvalue weighted by molar-refractivity contribution is 6.04. The maximum atomic E-state index is 12.1. The SMILES string of the molecule is CCNc1cc(C(=O)Nc2ccc(C)nc2)ccn1. The molecule has 5 nitrogen and oxygen atoms in total. The van der Waals surface area contributed by atoms with E-state index in [4.69, 9.17) is 0 Å². The van der Waals surface area contributed by atoms with E-state index in [0.29, 0.717) is 17.1 Å². The Labute approximate surface area is 112 Å². The van der Waals surface area contributed by atoms with E-state index in [2.05, 4.69) is 20.6 Å². The van der Waals surface area contributed by atoms with Gasteiger partial charge in [-0.25, -0.2) is 4.98 Å². The van der Waals surface area contributed by atoms with Crippen molar-refractivity contribution in [2.45, 2.75) is 13.8 Å². The highest BCUT2D eigenvalue weighted by Gasteiger charge is 2.07. The third kappa shape index (κ3) is 3.51. The molecule has 0 spiro atoms. The van der Waals surface area contributed by atoms with Gasteiger partial charge in [-0.3, -0.25) is 9.78 Å². The van der Waals surface area contributed by atoms with Gasteiger partial charge in [0.05, 0.1) is 11.9 Å². The molecule has 98 valence electrons. The second-order valence-electron chi connectivity index (χ2n) is 4.10. The molecule has 5 heteroatoms. The Kier molecular flexibility index (Phi) is 4.07. The van der Waals surface area contributed by atoms with Crippen LogP contribution >= 0.6 is 0 Å². The van der Waals surface area contributed by atoms with Crippen LogP contribution in [0.4, 0.5) is 11.5 Å². The van der Waals surface area contributed by atoms with Crippen molar-refractivity contribution >= 4 is 17.4 Å².